The molecule has 2 heterocycles. The van der Waals surface area contributed by atoms with Gasteiger partial charge in [-0.1, -0.05) is 60.9 Å². The summed E-state index contributed by atoms with van der Waals surface area (Å²) in [5, 5.41) is 20.9. The molecule has 5 rings (SSSR count). The second-order valence-electron chi connectivity index (χ2n) is 11.0. The minimum Gasteiger partial charge on any atom is -0.508 e. The van der Waals surface area contributed by atoms with E-state index in [4.69, 9.17) is 16.3 Å². The van der Waals surface area contributed by atoms with Gasteiger partial charge in [-0.25, -0.2) is 0 Å². The number of rotatable bonds is 6. The number of fused-ring (bicyclic) bond motifs is 3. The second kappa shape index (κ2) is 10.7. The van der Waals surface area contributed by atoms with Gasteiger partial charge in [0.25, 0.3) is 0 Å². The molecule has 38 heavy (non-hydrogen) atoms. The van der Waals surface area contributed by atoms with E-state index in [1.54, 1.807) is 24.3 Å². The highest BCUT2D eigenvalue weighted by molar-refractivity contribution is 6.43. The number of amides is 2. The van der Waals surface area contributed by atoms with Gasteiger partial charge < -0.3 is 14.8 Å². The zero-order chi connectivity index (χ0) is 27.1. The Labute approximate surface area is 229 Å². The Morgan fingerprint density at radius 2 is 1.89 bits per heavy atom. The lowest BCUT2D eigenvalue weighted by Crippen LogP contribution is -2.46. The molecule has 3 aliphatic rings. The van der Waals surface area contributed by atoms with E-state index in [-0.39, 0.29) is 35.5 Å². The van der Waals surface area contributed by atoms with Gasteiger partial charge in [0.2, 0.25) is 11.8 Å². The fourth-order valence-electron chi connectivity index (χ4n) is 6.41. The van der Waals surface area contributed by atoms with Crippen LogP contribution in [0.1, 0.15) is 45.6 Å². The molecule has 198 valence electrons. The zero-order valence-electron chi connectivity index (χ0n) is 21.9. The number of carbonyl (C=O) groups excluding carboxylic acids is 2. The minimum absolute atomic E-state index is 0.120. The van der Waals surface area contributed by atoms with Gasteiger partial charge >= 0.3 is 7.12 Å². The van der Waals surface area contributed by atoms with Gasteiger partial charge in [-0.2, -0.15) is 0 Å². The smallest absolute Gasteiger partial charge is 0.455 e. The van der Waals surface area contributed by atoms with Crippen molar-refractivity contribution in [1.29, 1.82) is 0 Å². The highest BCUT2D eigenvalue weighted by atomic mass is 35.5. The largest absolute Gasteiger partial charge is 0.508 e. The first-order valence-electron chi connectivity index (χ1n) is 13.3. The van der Waals surface area contributed by atoms with Gasteiger partial charge in [-0.05, 0) is 85.8 Å². The summed E-state index contributed by atoms with van der Waals surface area (Å²) in [5.74, 6) is -1.16. The van der Waals surface area contributed by atoms with Gasteiger partial charge in [-0.3, -0.25) is 14.5 Å². The van der Waals surface area contributed by atoms with Crippen LogP contribution in [-0.4, -0.2) is 35.2 Å². The van der Waals surface area contributed by atoms with Crippen LogP contribution in [0.3, 0.4) is 0 Å². The topological polar surface area (TPSA) is 87.1 Å². The molecule has 0 bridgehead atoms. The lowest BCUT2D eigenvalue weighted by Gasteiger charge is -2.44. The second-order valence-corrected chi connectivity index (χ2v) is 11.4. The number of anilines is 1. The fourth-order valence-corrected chi connectivity index (χ4v) is 6.64. The third-order valence-corrected chi connectivity index (χ3v) is 8.47. The maximum atomic E-state index is 13.7. The first-order valence-corrected chi connectivity index (χ1v) is 13.7. The van der Waals surface area contributed by atoms with Crippen LogP contribution in [0.25, 0.3) is 6.08 Å². The molecule has 8 heteroatoms. The van der Waals surface area contributed by atoms with Crippen LogP contribution in [-0.2, 0) is 14.2 Å². The number of imide groups is 1. The molecule has 2 N–H and O–H groups in total. The van der Waals surface area contributed by atoms with Crippen molar-refractivity contribution in [2.45, 2.75) is 52.5 Å². The number of carbonyl (C=O) groups is 2. The van der Waals surface area contributed by atoms with Crippen molar-refractivity contribution in [3.05, 3.63) is 75.8 Å². The van der Waals surface area contributed by atoms with E-state index >= 15 is 0 Å². The molecule has 6 nitrogen and oxygen atoms in total. The minimum atomic E-state index is -0.995. The third kappa shape index (κ3) is 4.95. The van der Waals surface area contributed by atoms with Gasteiger partial charge in [0, 0.05) is 0 Å². The molecular formula is C30H33BClNO5. The van der Waals surface area contributed by atoms with E-state index in [0.29, 0.717) is 36.3 Å². The number of hydrogen-bond acceptors (Lipinski definition) is 5. The van der Waals surface area contributed by atoms with Crippen molar-refractivity contribution >= 4 is 42.3 Å². The number of halogens is 1. The molecule has 4 atom stereocenters. The molecule has 2 amide bonds. The van der Waals surface area contributed by atoms with Gasteiger partial charge in [0.15, 0.2) is 0 Å². The Morgan fingerprint density at radius 1 is 1.16 bits per heavy atom. The number of aromatic hydroxyl groups is 1. The van der Waals surface area contributed by atoms with Crippen LogP contribution in [0.2, 0.25) is 11.3 Å². The number of hydrogen-bond donors (Lipinski definition) is 2. The standard InChI is InChI=1S/C30H33BClNO5/c1-17(2)22-15-23-28(30(36)33(29(23)35)20-7-5-4-6-8-20)24-16-31(37)38-26(27(22)24)12-9-18(3)13-19-10-11-21(34)14-25(19)32/h4-8,10-11,13-14,17,23-24,26,28,34,37H,9,12,15-16H2,1-3H3/b18-13+/t23-,24+,26-,28-/m1/s1. The normalized spacial score (nSPS) is 25.8. The van der Waals surface area contributed by atoms with Crippen molar-refractivity contribution in [2.75, 3.05) is 4.90 Å². The molecule has 2 aromatic carbocycles. The molecular weight excluding hydrogens is 501 g/mol. The summed E-state index contributed by atoms with van der Waals surface area (Å²) in [4.78, 5) is 28.6. The first kappa shape index (κ1) is 26.7. The van der Waals surface area contributed by atoms with E-state index < -0.39 is 19.0 Å². The molecule has 0 radical (unpaired) electrons. The summed E-state index contributed by atoms with van der Waals surface area (Å²) in [6.07, 6.45) is 3.84. The summed E-state index contributed by atoms with van der Waals surface area (Å²) >= 11 is 6.29. The fraction of sp³-hybridized carbons (Fsp3) is 0.400. The molecule has 0 unspecified atom stereocenters. The summed E-state index contributed by atoms with van der Waals surface area (Å²) in [7, 11) is -0.995. The molecule has 0 spiro atoms. The van der Waals surface area contributed by atoms with E-state index in [1.165, 1.54) is 16.5 Å². The number of para-hydroxylation sites is 1. The lowest BCUT2D eigenvalue weighted by molar-refractivity contribution is -0.122. The molecule has 2 fully saturated rings. The van der Waals surface area contributed by atoms with Crippen molar-refractivity contribution in [3.8, 4) is 5.75 Å². The Morgan fingerprint density at radius 3 is 2.58 bits per heavy atom. The number of benzene rings is 2. The predicted octanol–water partition coefficient (Wildman–Crippen LogP) is 5.89. The van der Waals surface area contributed by atoms with E-state index in [2.05, 4.69) is 13.8 Å². The van der Waals surface area contributed by atoms with Crippen LogP contribution in [0.15, 0.2) is 65.3 Å². The molecule has 0 aromatic heterocycles. The van der Waals surface area contributed by atoms with Crippen LogP contribution < -0.4 is 4.90 Å². The van der Waals surface area contributed by atoms with Gasteiger partial charge in [0.05, 0.1) is 28.6 Å². The summed E-state index contributed by atoms with van der Waals surface area (Å²) < 4.78 is 6.10. The summed E-state index contributed by atoms with van der Waals surface area (Å²) in [5.41, 5.74) is 4.77. The van der Waals surface area contributed by atoms with E-state index in [9.17, 15) is 19.7 Å². The maximum absolute atomic E-state index is 13.7. The molecule has 0 saturated carbocycles. The SMILES string of the molecule is C/C(=C\c1ccc(O)cc1Cl)CC[C@H]1OB(O)C[C@H]2C1=C(C(C)C)C[C@H]1C(=O)N(c3ccccc3)C(=O)[C@H]12. The average Bonchev–Trinajstić information content (AvgIpc) is 3.13. The molecule has 1 aliphatic carbocycles. The maximum Gasteiger partial charge on any atom is 0.455 e. The van der Waals surface area contributed by atoms with Crippen molar-refractivity contribution in [2.24, 2.45) is 23.7 Å². The molecule has 2 aliphatic heterocycles. The van der Waals surface area contributed by atoms with Gasteiger partial charge in [-0.15, -0.1) is 0 Å². The average molecular weight is 534 g/mol. The molecule has 2 saturated heterocycles. The Kier molecular flexibility index (Phi) is 7.54. The Balaban J connectivity index is 1.43. The van der Waals surface area contributed by atoms with Crippen molar-refractivity contribution < 1.29 is 24.4 Å². The molecule has 2 aromatic rings. The number of allylic oxidation sites excluding steroid dienone is 2. The monoisotopic (exact) mass is 533 g/mol. The summed E-state index contributed by atoms with van der Waals surface area (Å²) in [6.45, 7) is 6.26. The van der Waals surface area contributed by atoms with Crippen LogP contribution >= 0.6 is 11.6 Å². The quantitative estimate of drug-likeness (QED) is 0.275. The zero-order valence-corrected chi connectivity index (χ0v) is 22.7. The number of phenolic OH excluding ortho intramolecular Hbond substituents is 1. The predicted molar refractivity (Wildman–Crippen MR) is 150 cm³/mol. The third-order valence-electron chi connectivity index (χ3n) is 8.14. The summed E-state index contributed by atoms with van der Waals surface area (Å²) in [6, 6.07) is 14.0. The van der Waals surface area contributed by atoms with Crippen LogP contribution in [0.4, 0.5) is 5.69 Å². The number of nitrogens with zero attached hydrogens (tertiary/aromatic N) is 1. The van der Waals surface area contributed by atoms with Crippen molar-refractivity contribution in [1.82, 2.24) is 0 Å². The highest BCUT2D eigenvalue weighted by Crippen LogP contribution is 2.52. The van der Waals surface area contributed by atoms with E-state index in [0.717, 1.165) is 16.7 Å². The van der Waals surface area contributed by atoms with Crippen molar-refractivity contribution in [3.63, 3.8) is 0 Å². The highest BCUT2D eigenvalue weighted by Gasteiger charge is 2.57. The van der Waals surface area contributed by atoms with Crippen LogP contribution in [0.5, 0.6) is 5.75 Å². The van der Waals surface area contributed by atoms with Crippen LogP contribution in [0, 0.1) is 23.7 Å². The van der Waals surface area contributed by atoms with E-state index in [1.807, 2.05) is 31.2 Å². The van der Waals surface area contributed by atoms with Gasteiger partial charge in [0.1, 0.15) is 5.75 Å². The first-order chi connectivity index (χ1) is 18.2. The number of phenols is 1. The lowest BCUT2D eigenvalue weighted by atomic mass is 9.57. The Bertz CT molecular complexity index is 1310. The Hall–Kier alpha value is -2.87.